The summed E-state index contributed by atoms with van der Waals surface area (Å²) in [5.74, 6) is 0.0924. The maximum absolute atomic E-state index is 13.8. The van der Waals surface area contributed by atoms with Gasteiger partial charge in [0.05, 0.1) is 26.9 Å². The van der Waals surface area contributed by atoms with E-state index in [0.717, 1.165) is 16.7 Å². The SMILES string of the molecule is CCC[C@@H]1[C@H](O)[C@@H](COC(c2ccccc2)(c2ccc(OC)cc2)c2ccc(OC)cc2)O[C@H]1n1ccc(=O)n(C(=O)c2ccccc2)c1=O. The number of carbonyl (C=O) groups excluding carboxylic acids is 1. The Balaban J connectivity index is 1.40. The number of nitrogens with zero attached hydrogens (tertiary/aromatic N) is 2. The van der Waals surface area contributed by atoms with Crippen LogP contribution >= 0.6 is 0 Å². The van der Waals surface area contributed by atoms with Crippen LogP contribution in [-0.2, 0) is 15.1 Å². The Labute approximate surface area is 290 Å². The van der Waals surface area contributed by atoms with Gasteiger partial charge in [0.1, 0.15) is 29.4 Å². The molecule has 1 N–H and O–H groups in total. The predicted molar refractivity (Wildman–Crippen MR) is 188 cm³/mol. The van der Waals surface area contributed by atoms with Crippen LogP contribution in [0.4, 0.5) is 0 Å². The first kappa shape index (κ1) is 34.6. The van der Waals surface area contributed by atoms with Gasteiger partial charge >= 0.3 is 5.69 Å². The molecule has 10 nitrogen and oxygen atoms in total. The van der Waals surface area contributed by atoms with Gasteiger partial charge in [-0.25, -0.2) is 4.79 Å². The summed E-state index contributed by atoms with van der Waals surface area (Å²) in [6.07, 6.45) is -0.328. The summed E-state index contributed by atoms with van der Waals surface area (Å²) in [6, 6.07) is 34.3. The highest BCUT2D eigenvalue weighted by Gasteiger charge is 2.47. The molecule has 50 heavy (non-hydrogen) atoms. The molecule has 6 rings (SSSR count). The van der Waals surface area contributed by atoms with Crippen LogP contribution in [0, 0.1) is 5.92 Å². The molecule has 0 spiro atoms. The largest absolute Gasteiger partial charge is 0.497 e. The Morgan fingerprint density at radius 1 is 0.780 bits per heavy atom. The van der Waals surface area contributed by atoms with Crippen LogP contribution in [0.25, 0.3) is 0 Å². The zero-order valence-corrected chi connectivity index (χ0v) is 28.2. The molecule has 1 fully saturated rings. The predicted octanol–water partition coefficient (Wildman–Crippen LogP) is 5.40. The monoisotopic (exact) mass is 676 g/mol. The van der Waals surface area contributed by atoms with Crippen LogP contribution in [0.3, 0.4) is 0 Å². The lowest BCUT2D eigenvalue weighted by Crippen LogP contribution is -2.45. The number of benzene rings is 4. The topological polar surface area (TPSA) is 118 Å². The lowest BCUT2D eigenvalue weighted by atomic mass is 9.80. The zero-order valence-electron chi connectivity index (χ0n) is 28.2. The molecule has 4 atom stereocenters. The summed E-state index contributed by atoms with van der Waals surface area (Å²) in [5, 5.41) is 11.8. The van der Waals surface area contributed by atoms with Gasteiger partial charge in [0.15, 0.2) is 0 Å². The quantitative estimate of drug-likeness (QED) is 0.175. The molecule has 0 aliphatic carbocycles. The third-order valence-corrected chi connectivity index (χ3v) is 9.27. The second-order valence-electron chi connectivity index (χ2n) is 12.2. The number of methoxy groups -OCH3 is 2. The van der Waals surface area contributed by atoms with Crippen molar-refractivity contribution in [3.8, 4) is 11.5 Å². The highest BCUT2D eigenvalue weighted by atomic mass is 16.6. The molecule has 0 saturated carbocycles. The van der Waals surface area contributed by atoms with Crippen molar-refractivity contribution >= 4 is 5.91 Å². The highest BCUT2D eigenvalue weighted by Crippen LogP contribution is 2.44. The average Bonchev–Trinajstić information content (AvgIpc) is 3.47. The van der Waals surface area contributed by atoms with Gasteiger partial charge in [-0.1, -0.05) is 86.1 Å². The van der Waals surface area contributed by atoms with E-state index in [1.54, 1.807) is 44.6 Å². The van der Waals surface area contributed by atoms with E-state index in [4.69, 9.17) is 18.9 Å². The minimum atomic E-state index is -1.16. The van der Waals surface area contributed by atoms with Crippen molar-refractivity contribution in [2.24, 2.45) is 5.92 Å². The zero-order chi connectivity index (χ0) is 35.3. The first-order chi connectivity index (χ1) is 24.3. The standard InChI is InChI=1S/C40H40N2O8/c1-4-11-33-36(44)34(50-38(33)41-25-24-35(43)42(39(41)46)37(45)27-12-7-5-8-13-27)26-49-40(28-14-9-6-10-15-28,29-16-20-31(47-2)21-17-29)30-18-22-32(48-3)23-19-30/h5-10,12-25,33-34,36,38,44H,4,11,26H2,1-3H3/t33-,34-,36+,38-/m1/s1. The minimum Gasteiger partial charge on any atom is -0.497 e. The second kappa shape index (κ2) is 15.1. The molecule has 4 aromatic carbocycles. The van der Waals surface area contributed by atoms with E-state index in [2.05, 4.69) is 0 Å². The molecule has 10 heteroatoms. The van der Waals surface area contributed by atoms with Gasteiger partial charge in [-0.3, -0.25) is 14.2 Å². The Kier molecular flexibility index (Phi) is 10.4. The van der Waals surface area contributed by atoms with Crippen molar-refractivity contribution in [2.75, 3.05) is 20.8 Å². The van der Waals surface area contributed by atoms with E-state index in [0.29, 0.717) is 28.9 Å². The van der Waals surface area contributed by atoms with Gasteiger partial charge in [-0.05, 0) is 59.5 Å². The molecule has 0 radical (unpaired) electrons. The van der Waals surface area contributed by atoms with Crippen LogP contribution in [0.2, 0.25) is 0 Å². The van der Waals surface area contributed by atoms with E-state index in [-0.39, 0.29) is 12.2 Å². The summed E-state index contributed by atoms with van der Waals surface area (Å²) in [5.41, 5.74) is -0.0979. The first-order valence-electron chi connectivity index (χ1n) is 16.6. The van der Waals surface area contributed by atoms with Crippen molar-refractivity contribution < 1.29 is 28.8 Å². The molecule has 5 aromatic rings. The third-order valence-electron chi connectivity index (χ3n) is 9.27. The van der Waals surface area contributed by atoms with Crippen LogP contribution in [0.15, 0.2) is 131 Å². The van der Waals surface area contributed by atoms with E-state index < -0.39 is 47.1 Å². The summed E-state index contributed by atoms with van der Waals surface area (Å²) in [7, 11) is 3.21. The van der Waals surface area contributed by atoms with E-state index >= 15 is 0 Å². The number of ether oxygens (including phenoxy) is 4. The van der Waals surface area contributed by atoms with Gasteiger partial charge in [0.25, 0.3) is 11.5 Å². The van der Waals surface area contributed by atoms with Crippen LogP contribution in [0.5, 0.6) is 11.5 Å². The molecule has 1 saturated heterocycles. The second-order valence-corrected chi connectivity index (χ2v) is 12.2. The van der Waals surface area contributed by atoms with Gasteiger partial charge in [-0.2, -0.15) is 4.57 Å². The molecule has 0 amide bonds. The average molecular weight is 677 g/mol. The van der Waals surface area contributed by atoms with Crippen molar-refractivity contribution in [3.05, 3.63) is 165 Å². The smallest absolute Gasteiger partial charge is 0.340 e. The summed E-state index contributed by atoms with van der Waals surface area (Å²) in [4.78, 5) is 40.0. The summed E-state index contributed by atoms with van der Waals surface area (Å²) in [6.45, 7) is 1.91. The third kappa shape index (κ3) is 6.53. The van der Waals surface area contributed by atoms with Crippen LogP contribution in [0.1, 0.15) is 53.0 Å². The Bertz CT molecular complexity index is 1960. The van der Waals surface area contributed by atoms with E-state index in [9.17, 15) is 19.5 Å². The number of aromatic nitrogens is 2. The number of hydrogen-bond acceptors (Lipinski definition) is 8. The molecule has 1 aliphatic heterocycles. The molecular weight excluding hydrogens is 636 g/mol. The van der Waals surface area contributed by atoms with Crippen molar-refractivity contribution in [1.82, 2.24) is 9.13 Å². The number of aliphatic hydroxyl groups is 1. The van der Waals surface area contributed by atoms with Gasteiger partial charge < -0.3 is 24.1 Å². The Hall–Kier alpha value is -5.29. The fourth-order valence-corrected chi connectivity index (χ4v) is 6.73. The molecule has 1 aliphatic rings. The molecular formula is C40H40N2O8. The number of aliphatic hydroxyl groups excluding tert-OH is 1. The summed E-state index contributed by atoms with van der Waals surface area (Å²) < 4.78 is 26.2. The number of hydrogen-bond donors (Lipinski definition) is 1. The van der Waals surface area contributed by atoms with Gasteiger partial charge in [0.2, 0.25) is 0 Å². The van der Waals surface area contributed by atoms with Crippen LogP contribution < -0.4 is 20.7 Å². The number of rotatable bonds is 12. The molecule has 258 valence electrons. The van der Waals surface area contributed by atoms with Crippen molar-refractivity contribution in [1.29, 1.82) is 0 Å². The Morgan fingerprint density at radius 3 is 1.86 bits per heavy atom. The molecule has 0 bridgehead atoms. The van der Waals surface area contributed by atoms with Gasteiger partial charge in [0, 0.05) is 23.7 Å². The fourth-order valence-electron chi connectivity index (χ4n) is 6.73. The highest BCUT2D eigenvalue weighted by molar-refractivity contribution is 5.95. The molecule has 0 unspecified atom stereocenters. The lowest BCUT2D eigenvalue weighted by Gasteiger charge is -2.37. The van der Waals surface area contributed by atoms with E-state index in [1.807, 2.05) is 85.8 Å². The summed E-state index contributed by atoms with van der Waals surface area (Å²) >= 11 is 0. The molecule has 1 aromatic heterocycles. The van der Waals surface area contributed by atoms with Crippen molar-refractivity contribution in [3.63, 3.8) is 0 Å². The number of carbonyl (C=O) groups is 1. The fraction of sp³-hybridized carbons (Fsp3) is 0.275. The lowest BCUT2D eigenvalue weighted by molar-refractivity contribution is -0.0950. The molecule has 2 heterocycles. The maximum Gasteiger partial charge on any atom is 0.340 e. The minimum absolute atomic E-state index is 0.0673. The van der Waals surface area contributed by atoms with Crippen molar-refractivity contribution in [2.45, 2.75) is 43.8 Å². The van der Waals surface area contributed by atoms with Gasteiger partial charge in [-0.15, -0.1) is 0 Å². The van der Waals surface area contributed by atoms with Crippen LogP contribution in [-0.4, -0.2) is 53.2 Å². The Morgan fingerprint density at radius 2 is 1.32 bits per heavy atom. The maximum atomic E-state index is 13.8. The first-order valence-corrected chi connectivity index (χ1v) is 16.6. The normalized spacial score (nSPS) is 18.9. The van der Waals surface area contributed by atoms with E-state index in [1.165, 1.54) is 16.8 Å².